The van der Waals surface area contributed by atoms with Crippen LogP contribution in [-0.2, 0) is 15.8 Å². The number of carbonyl (C=O) groups excluding carboxylic acids is 3. The van der Waals surface area contributed by atoms with Crippen molar-refractivity contribution in [3.63, 3.8) is 0 Å². The summed E-state index contributed by atoms with van der Waals surface area (Å²) in [5.74, 6) is -2.11. The molecule has 0 atom stereocenters. The summed E-state index contributed by atoms with van der Waals surface area (Å²) in [5.41, 5.74) is -0.225. The summed E-state index contributed by atoms with van der Waals surface area (Å²) in [6.45, 7) is 6.68. The zero-order valence-electron chi connectivity index (χ0n) is 17.1. The zero-order valence-corrected chi connectivity index (χ0v) is 17.1. The van der Waals surface area contributed by atoms with Crippen LogP contribution in [0.4, 0.5) is 13.2 Å². The fraction of sp³-hybridized carbons (Fsp3) is 0.400. The molecule has 0 unspecified atom stereocenters. The molecule has 162 valence electrons. The highest BCUT2D eigenvalue weighted by Crippen LogP contribution is 2.30. The molecule has 2 N–H and O–H groups in total. The van der Waals surface area contributed by atoms with Crippen molar-refractivity contribution < 1.29 is 27.6 Å². The van der Waals surface area contributed by atoms with Crippen LogP contribution in [0.25, 0.3) is 5.69 Å². The first-order valence-corrected chi connectivity index (χ1v) is 9.27. The van der Waals surface area contributed by atoms with Gasteiger partial charge in [-0.15, -0.1) is 0 Å². The van der Waals surface area contributed by atoms with Gasteiger partial charge in [-0.05, 0) is 32.0 Å². The number of carbonyl (C=O) groups is 3. The van der Waals surface area contributed by atoms with Gasteiger partial charge in [0.25, 0.3) is 11.7 Å². The third-order valence-corrected chi connectivity index (χ3v) is 4.38. The predicted octanol–water partition coefficient (Wildman–Crippen LogP) is 2.58. The number of halogens is 3. The molecule has 7 nitrogen and oxygen atoms in total. The second-order valence-electron chi connectivity index (χ2n) is 7.04. The Balaban J connectivity index is 2.16. The first-order chi connectivity index (χ1) is 13.9. The minimum Gasteiger partial charge on any atom is -0.354 e. The first-order valence-electron chi connectivity index (χ1n) is 9.27. The molecule has 0 fully saturated rings. The molecule has 30 heavy (non-hydrogen) atoms. The number of alkyl halides is 3. The third-order valence-electron chi connectivity index (χ3n) is 4.38. The molecule has 0 saturated carbocycles. The number of hydrogen-bond acceptors (Lipinski definition) is 4. The van der Waals surface area contributed by atoms with Gasteiger partial charge < -0.3 is 10.6 Å². The van der Waals surface area contributed by atoms with Crippen LogP contribution in [0.1, 0.15) is 41.2 Å². The Morgan fingerprint density at radius 3 is 2.33 bits per heavy atom. The molecule has 2 rings (SSSR count). The van der Waals surface area contributed by atoms with Crippen LogP contribution in [-0.4, -0.2) is 40.5 Å². The van der Waals surface area contributed by atoms with E-state index in [0.29, 0.717) is 0 Å². The number of nitrogens with zero attached hydrogens (tertiary/aromatic N) is 2. The zero-order chi connectivity index (χ0) is 22.6. The topological polar surface area (TPSA) is 93.1 Å². The smallest absolute Gasteiger partial charge is 0.354 e. The minimum atomic E-state index is -4.52. The van der Waals surface area contributed by atoms with E-state index in [-0.39, 0.29) is 47.6 Å². The van der Waals surface area contributed by atoms with Crippen LogP contribution < -0.4 is 10.6 Å². The second kappa shape index (κ2) is 9.10. The quantitative estimate of drug-likeness (QED) is 0.406. The monoisotopic (exact) mass is 424 g/mol. The van der Waals surface area contributed by atoms with E-state index >= 15 is 0 Å². The molecule has 2 amide bonds. The van der Waals surface area contributed by atoms with E-state index in [1.165, 1.54) is 30.7 Å². The van der Waals surface area contributed by atoms with Crippen molar-refractivity contribution in [3.8, 4) is 5.69 Å². The van der Waals surface area contributed by atoms with Crippen LogP contribution in [0, 0.1) is 19.8 Å². The van der Waals surface area contributed by atoms with E-state index < -0.39 is 23.4 Å². The van der Waals surface area contributed by atoms with Crippen molar-refractivity contribution in [2.75, 3.05) is 13.1 Å². The van der Waals surface area contributed by atoms with Gasteiger partial charge in [-0.1, -0.05) is 19.9 Å². The number of aromatic nitrogens is 2. The average molecular weight is 424 g/mol. The Kier molecular flexibility index (Phi) is 7.01. The molecule has 0 aliphatic rings. The summed E-state index contributed by atoms with van der Waals surface area (Å²) < 4.78 is 40.1. The molecule has 0 bridgehead atoms. The van der Waals surface area contributed by atoms with Crippen molar-refractivity contribution >= 4 is 17.6 Å². The van der Waals surface area contributed by atoms with Gasteiger partial charge in [-0.25, -0.2) is 4.68 Å². The van der Waals surface area contributed by atoms with Crippen LogP contribution in [0.15, 0.2) is 24.3 Å². The molecule has 1 aromatic carbocycles. The van der Waals surface area contributed by atoms with E-state index in [4.69, 9.17) is 0 Å². The van der Waals surface area contributed by atoms with Gasteiger partial charge in [0.1, 0.15) is 0 Å². The van der Waals surface area contributed by atoms with E-state index in [0.717, 1.165) is 12.1 Å². The third kappa shape index (κ3) is 5.25. The van der Waals surface area contributed by atoms with Crippen molar-refractivity contribution in [3.05, 3.63) is 46.8 Å². The molecule has 0 aliphatic heterocycles. The summed E-state index contributed by atoms with van der Waals surface area (Å²) in [5, 5.41) is 9.16. The van der Waals surface area contributed by atoms with E-state index in [2.05, 4.69) is 15.7 Å². The first kappa shape index (κ1) is 23.1. The molecular formula is C20H23F3N4O3. The van der Waals surface area contributed by atoms with Gasteiger partial charge in [-0.2, -0.15) is 18.3 Å². The number of hydrogen-bond donors (Lipinski definition) is 2. The lowest BCUT2D eigenvalue weighted by Gasteiger charge is -2.10. The number of aryl methyl sites for hydroxylation is 1. The largest absolute Gasteiger partial charge is 0.416 e. The van der Waals surface area contributed by atoms with E-state index in [1.807, 2.05) is 0 Å². The predicted molar refractivity (Wildman–Crippen MR) is 103 cm³/mol. The second-order valence-corrected chi connectivity index (χ2v) is 7.04. The Morgan fingerprint density at radius 2 is 1.73 bits per heavy atom. The molecule has 2 aromatic rings. The van der Waals surface area contributed by atoms with Crippen LogP contribution in [0.5, 0.6) is 0 Å². The number of nitrogens with one attached hydrogen (secondary N) is 2. The molecule has 0 spiro atoms. The number of Topliss-reactive ketones (excluding diaryl/α,β-unsaturated/α-hetero) is 1. The SMILES string of the molecule is Cc1nn(-c2cccc(C(F)(F)F)c2)c(C)c1C(=O)C(=O)NCCNC(=O)C(C)C. The van der Waals surface area contributed by atoms with Crippen molar-refractivity contribution in [1.82, 2.24) is 20.4 Å². The summed E-state index contributed by atoms with van der Waals surface area (Å²) in [6.07, 6.45) is -4.52. The highest BCUT2D eigenvalue weighted by atomic mass is 19.4. The number of benzene rings is 1. The van der Waals surface area contributed by atoms with Gasteiger partial charge in [0.15, 0.2) is 0 Å². The lowest BCUT2D eigenvalue weighted by atomic mass is 10.1. The standard InChI is InChI=1S/C20H23F3N4O3/c1-11(2)18(29)24-8-9-25-19(30)17(28)16-12(3)26-27(13(16)4)15-7-5-6-14(10-15)20(21,22)23/h5-7,10-11H,8-9H2,1-4H3,(H,24,29)(H,25,30). The van der Waals surface area contributed by atoms with Crippen LogP contribution in [0.3, 0.4) is 0 Å². The summed E-state index contributed by atoms with van der Waals surface area (Å²) in [6, 6.07) is 4.53. The van der Waals surface area contributed by atoms with Gasteiger partial charge in [-0.3, -0.25) is 14.4 Å². The molecule has 0 radical (unpaired) electrons. The Bertz CT molecular complexity index is 965. The number of amides is 2. The highest BCUT2D eigenvalue weighted by Gasteiger charge is 2.31. The Labute approximate surface area is 171 Å². The van der Waals surface area contributed by atoms with Crippen LogP contribution in [0.2, 0.25) is 0 Å². The molecule has 10 heteroatoms. The maximum atomic E-state index is 13.0. The highest BCUT2D eigenvalue weighted by molar-refractivity contribution is 6.43. The molecule has 0 aliphatic carbocycles. The molecular weight excluding hydrogens is 401 g/mol. The number of rotatable bonds is 7. The van der Waals surface area contributed by atoms with Crippen LogP contribution >= 0.6 is 0 Å². The van der Waals surface area contributed by atoms with Crippen molar-refractivity contribution in [2.45, 2.75) is 33.9 Å². The Morgan fingerprint density at radius 1 is 1.10 bits per heavy atom. The fourth-order valence-corrected chi connectivity index (χ4v) is 2.80. The van der Waals surface area contributed by atoms with Crippen molar-refractivity contribution in [2.24, 2.45) is 5.92 Å². The summed E-state index contributed by atoms with van der Waals surface area (Å²) in [7, 11) is 0. The summed E-state index contributed by atoms with van der Waals surface area (Å²) in [4.78, 5) is 36.2. The van der Waals surface area contributed by atoms with Gasteiger partial charge >= 0.3 is 6.18 Å². The molecule has 1 aromatic heterocycles. The lowest BCUT2D eigenvalue weighted by molar-refractivity contribution is -0.137. The Hall–Kier alpha value is -3.17. The lowest BCUT2D eigenvalue weighted by Crippen LogP contribution is -2.39. The van der Waals surface area contributed by atoms with Gasteiger partial charge in [0, 0.05) is 19.0 Å². The van der Waals surface area contributed by atoms with Gasteiger partial charge in [0.05, 0.1) is 28.2 Å². The summed E-state index contributed by atoms with van der Waals surface area (Å²) >= 11 is 0. The fourth-order valence-electron chi connectivity index (χ4n) is 2.80. The maximum Gasteiger partial charge on any atom is 0.416 e. The number of ketones is 1. The molecule has 1 heterocycles. The normalized spacial score (nSPS) is 11.5. The minimum absolute atomic E-state index is 0.0242. The average Bonchev–Trinajstić information content (AvgIpc) is 2.97. The van der Waals surface area contributed by atoms with E-state index in [1.54, 1.807) is 13.8 Å². The van der Waals surface area contributed by atoms with Crippen molar-refractivity contribution in [1.29, 1.82) is 0 Å². The van der Waals surface area contributed by atoms with E-state index in [9.17, 15) is 27.6 Å². The van der Waals surface area contributed by atoms with Gasteiger partial charge in [0.2, 0.25) is 5.91 Å². The molecule has 0 saturated heterocycles. The maximum absolute atomic E-state index is 13.0.